The monoisotopic (exact) mass is 439 g/mol. The third kappa shape index (κ3) is 5.74. The Balaban J connectivity index is 1.69. The fourth-order valence-corrected chi connectivity index (χ4v) is 4.36. The molecule has 0 bridgehead atoms. The molecule has 0 spiro atoms. The standard InChI is InChI=1S/C26H37N3O3/c1-6-7-26(30)29(23-12-13-24(31-4)25(18-23)32-5)22-14-16-28(17-15-22)19-20-8-10-21(11-9-20)27(2)3/h8-13,18,22H,6-7,14-17,19H2,1-5H3. The fraction of sp³-hybridized carbons (Fsp3) is 0.500. The van der Waals surface area contributed by atoms with Gasteiger partial charge in [0.1, 0.15) is 0 Å². The lowest BCUT2D eigenvalue weighted by Gasteiger charge is -2.39. The molecule has 2 aromatic carbocycles. The van der Waals surface area contributed by atoms with Crippen LogP contribution in [0.15, 0.2) is 42.5 Å². The zero-order valence-electron chi connectivity index (χ0n) is 20.1. The van der Waals surface area contributed by atoms with Crippen molar-refractivity contribution in [1.29, 1.82) is 0 Å². The summed E-state index contributed by atoms with van der Waals surface area (Å²) in [6.45, 7) is 4.95. The van der Waals surface area contributed by atoms with Gasteiger partial charge in [-0.05, 0) is 49.1 Å². The molecule has 0 saturated carbocycles. The van der Waals surface area contributed by atoms with Crippen molar-refractivity contribution >= 4 is 17.3 Å². The Kier molecular flexibility index (Phi) is 8.39. The lowest BCUT2D eigenvalue weighted by Crippen LogP contribution is -2.47. The zero-order valence-corrected chi connectivity index (χ0v) is 20.1. The maximum absolute atomic E-state index is 13.1. The van der Waals surface area contributed by atoms with Gasteiger partial charge in [-0.3, -0.25) is 9.69 Å². The number of amides is 1. The van der Waals surface area contributed by atoms with Crippen LogP contribution in [0.1, 0.15) is 38.2 Å². The van der Waals surface area contributed by atoms with Crippen molar-refractivity contribution in [1.82, 2.24) is 4.90 Å². The predicted molar refractivity (Wildman–Crippen MR) is 131 cm³/mol. The summed E-state index contributed by atoms with van der Waals surface area (Å²) < 4.78 is 10.9. The molecule has 3 rings (SSSR count). The highest BCUT2D eigenvalue weighted by Gasteiger charge is 2.29. The lowest BCUT2D eigenvalue weighted by atomic mass is 10.0. The van der Waals surface area contributed by atoms with E-state index in [4.69, 9.17) is 9.47 Å². The highest BCUT2D eigenvalue weighted by atomic mass is 16.5. The topological polar surface area (TPSA) is 45.3 Å². The maximum atomic E-state index is 13.1. The van der Waals surface area contributed by atoms with Crippen LogP contribution < -0.4 is 19.3 Å². The molecule has 2 aromatic rings. The first-order chi connectivity index (χ1) is 15.5. The molecule has 174 valence electrons. The quantitative estimate of drug-likeness (QED) is 0.573. The highest BCUT2D eigenvalue weighted by Crippen LogP contribution is 2.34. The summed E-state index contributed by atoms with van der Waals surface area (Å²) in [7, 11) is 7.37. The molecule has 1 aliphatic heterocycles. The second kappa shape index (κ2) is 11.2. The Morgan fingerprint density at radius 1 is 0.969 bits per heavy atom. The summed E-state index contributed by atoms with van der Waals surface area (Å²) >= 11 is 0. The van der Waals surface area contributed by atoms with E-state index >= 15 is 0 Å². The Bertz CT molecular complexity index is 874. The van der Waals surface area contributed by atoms with Crippen LogP contribution in [0.25, 0.3) is 0 Å². The molecule has 1 saturated heterocycles. The Morgan fingerprint density at radius 3 is 2.16 bits per heavy atom. The number of ether oxygens (including phenoxy) is 2. The van der Waals surface area contributed by atoms with Crippen LogP contribution in [-0.4, -0.2) is 58.3 Å². The van der Waals surface area contributed by atoms with Gasteiger partial charge in [0.25, 0.3) is 0 Å². The van der Waals surface area contributed by atoms with Crippen LogP contribution in [-0.2, 0) is 11.3 Å². The molecule has 6 nitrogen and oxygen atoms in total. The fourth-order valence-electron chi connectivity index (χ4n) is 4.36. The number of piperidine rings is 1. The van der Waals surface area contributed by atoms with Gasteiger partial charge in [-0.15, -0.1) is 0 Å². The van der Waals surface area contributed by atoms with Crippen LogP contribution >= 0.6 is 0 Å². The van der Waals surface area contributed by atoms with Gasteiger partial charge >= 0.3 is 0 Å². The molecule has 1 amide bonds. The van der Waals surface area contributed by atoms with E-state index in [1.807, 2.05) is 23.1 Å². The molecule has 0 aromatic heterocycles. The van der Waals surface area contributed by atoms with Gasteiger partial charge in [0.2, 0.25) is 5.91 Å². The zero-order chi connectivity index (χ0) is 23.1. The Hall–Kier alpha value is -2.73. The van der Waals surface area contributed by atoms with E-state index in [2.05, 4.69) is 55.1 Å². The van der Waals surface area contributed by atoms with Crippen LogP contribution in [0.4, 0.5) is 11.4 Å². The highest BCUT2D eigenvalue weighted by molar-refractivity contribution is 5.94. The first-order valence-electron chi connectivity index (χ1n) is 11.5. The first kappa shape index (κ1) is 23.9. The molecule has 6 heteroatoms. The molecule has 0 radical (unpaired) electrons. The number of carbonyl (C=O) groups is 1. The number of benzene rings is 2. The number of carbonyl (C=O) groups excluding carboxylic acids is 1. The number of rotatable bonds is 9. The first-order valence-corrected chi connectivity index (χ1v) is 11.5. The van der Waals surface area contributed by atoms with Crippen LogP contribution in [0.2, 0.25) is 0 Å². The van der Waals surface area contributed by atoms with E-state index in [9.17, 15) is 4.79 Å². The van der Waals surface area contributed by atoms with Crippen LogP contribution in [0.5, 0.6) is 11.5 Å². The Morgan fingerprint density at radius 2 is 1.59 bits per heavy atom. The van der Waals surface area contributed by atoms with E-state index in [1.54, 1.807) is 14.2 Å². The summed E-state index contributed by atoms with van der Waals surface area (Å²) in [6.07, 6.45) is 3.30. The van der Waals surface area contributed by atoms with Gasteiger partial charge < -0.3 is 19.3 Å². The number of methoxy groups -OCH3 is 2. The van der Waals surface area contributed by atoms with Crippen LogP contribution in [0, 0.1) is 0 Å². The summed E-state index contributed by atoms with van der Waals surface area (Å²) in [5, 5.41) is 0. The molecule has 0 unspecified atom stereocenters. The molecular formula is C26H37N3O3. The molecule has 32 heavy (non-hydrogen) atoms. The molecular weight excluding hydrogens is 402 g/mol. The van der Waals surface area contributed by atoms with Gasteiger partial charge in [-0.25, -0.2) is 0 Å². The van der Waals surface area contributed by atoms with Crippen molar-refractivity contribution in [2.24, 2.45) is 0 Å². The summed E-state index contributed by atoms with van der Waals surface area (Å²) in [5.74, 6) is 1.50. The molecule has 1 aliphatic rings. The number of likely N-dealkylation sites (tertiary alicyclic amines) is 1. The minimum absolute atomic E-state index is 0.178. The molecule has 0 atom stereocenters. The van der Waals surface area contributed by atoms with Gasteiger partial charge in [-0.2, -0.15) is 0 Å². The second-order valence-electron chi connectivity index (χ2n) is 8.62. The predicted octanol–water partition coefficient (Wildman–Crippen LogP) is 4.57. The van der Waals surface area contributed by atoms with Crippen molar-refractivity contribution in [3.63, 3.8) is 0 Å². The van der Waals surface area contributed by atoms with Gasteiger partial charge in [0.05, 0.1) is 14.2 Å². The average Bonchev–Trinajstić information content (AvgIpc) is 2.80. The number of hydrogen-bond donors (Lipinski definition) is 0. The minimum Gasteiger partial charge on any atom is -0.493 e. The minimum atomic E-state index is 0.178. The average molecular weight is 440 g/mol. The number of hydrogen-bond acceptors (Lipinski definition) is 5. The SMILES string of the molecule is CCCC(=O)N(c1ccc(OC)c(OC)c1)C1CCN(Cc2ccc(N(C)C)cc2)CC1. The lowest BCUT2D eigenvalue weighted by molar-refractivity contribution is -0.119. The largest absolute Gasteiger partial charge is 0.493 e. The Labute approximate surface area is 192 Å². The van der Waals surface area contributed by atoms with Gasteiger partial charge in [-0.1, -0.05) is 19.1 Å². The third-order valence-corrected chi connectivity index (χ3v) is 6.16. The van der Waals surface area contributed by atoms with Crippen molar-refractivity contribution < 1.29 is 14.3 Å². The van der Waals surface area contributed by atoms with Crippen LogP contribution in [0.3, 0.4) is 0 Å². The molecule has 1 fully saturated rings. The number of anilines is 2. The molecule has 1 heterocycles. The van der Waals surface area contributed by atoms with E-state index < -0.39 is 0 Å². The second-order valence-corrected chi connectivity index (χ2v) is 8.62. The van der Waals surface area contributed by atoms with Crippen molar-refractivity contribution in [3.05, 3.63) is 48.0 Å². The summed E-state index contributed by atoms with van der Waals surface area (Å²) in [6, 6.07) is 14.7. The smallest absolute Gasteiger partial charge is 0.227 e. The summed E-state index contributed by atoms with van der Waals surface area (Å²) in [4.78, 5) is 19.7. The van der Waals surface area contributed by atoms with E-state index in [-0.39, 0.29) is 11.9 Å². The van der Waals surface area contributed by atoms with E-state index in [1.165, 1.54) is 11.3 Å². The van der Waals surface area contributed by atoms with Crippen molar-refractivity contribution in [2.75, 3.05) is 51.2 Å². The normalized spacial score (nSPS) is 14.8. The summed E-state index contributed by atoms with van der Waals surface area (Å²) in [5.41, 5.74) is 3.43. The van der Waals surface area contributed by atoms with Gasteiger partial charge in [0, 0.05) is 63.6 Å². The van der Waals surface area contributed by atoms with E-state index in [0.29, 0.717) is 17.9 Å². The number of nitrogens with zero attached hydrogens (tertiary/aromatic N) is 3. The maximum Gasteiger partial charge on any atom is 0.227 e. The third-order valence-electron chi connectivity index (χ3n) is 6.16. The molecule has 0 aliphatic carbocycles. The van der Waals surface area contributed by atoms with Crippen molar-refractivity contribution in [3.8, 4) is 11.5 Å². The van der Waals surface area contributed by atoms with Gasteiger partial charge in [0.15, 0.2) is 11.5 Å². The molecule has 0 N–H and O–H groups in total. The van der Waals surface area contributed by atoms with Crippen molar-refractivity contribution in [2.45, 2.75) is 45.2 Å². The van der Waals surface area contributed by atoms with E-state index in [0.717, 1.165) is 44.6 Å².